The number of benzene rings is 2. The number of aromatic nitrogens is 3. The Kier molecular flexibility index (Phi) is 6.35. The number of sulfonamides is 1. The first-order valence-electron chi connectivity index (χ1n) is 9.96. The molecule has 1 fully saturated rings. The van der Waals surface area contributed by atoms with E-state index in [0.29, 0.717) is 24.2 Å². The summed E-state index contributed by atoms with van der Waals surface area (Å²) in [7, 11) is -3.71. The molecule has 1 amide bonds. The van der Waals surface area contributed by atoms with Crippen LogP contribution in [0.5, 0.6) is 0 Å². The van der Waals surface area contributed by atoms with Gasteiger partial charge in [-0.05, 0) is 48.0 Å². The second-order valence-electron chi connectivity index (χ2n) is 7.24. The Morgan fingerprint density at radius 2 is 1.94 bits per heavy atom. The van der Waals surface area contributed by atoms with E-state index in [-0.39, 0.29) is 36.5 Å². The van der Waals surface area contributed by atoms with Gasteiger partial charge < -0.3 is 14.9 Å². The quantitative estimate of drug-likeness (QED) is 0.553. The Hall–Kier alpha value is -3.09. The summed E-state index contributed by atoms with van der Waals surface area (Å²) in [5.74, 6) is -0.786. The van der Waals surface area contributed by atoms with Crippen molar-refractivity contribution in [3.05, 3.63) is 53.8 Å². The lowest BCUT2D eigenvalue weighted by Crippen LogP contribution is -2.40. The second kappa shape index (κ2) is 9.18. The molecule has 0 bridgehead atoms. The summed E-state index contributed by atoms with van der Waals surface area (Å²) in [5, 5.41) is 10.5. The SMILES string of the molecule is C[C@@H](NC(=O)COn1nnc2ccc(S(=O)(=O)N3CCOCC3)cc21)c1ccc(F)cc1. The van der Waals surface area contributed by atoms with Crippen molar-refractivity contribution in [2.45, 2.75) is 17.9 Å². The van der Waals surface area contributed by atoms with Crippen LogP contribution in [-0.2, 0) is 19.6 Å². The number of nitrogens with zero attached hydrogens (tertiary/aromatic N) is 4. The molecule has 3 aromatic rings. The molecule has 170 valence electrons. The lowest BCUT2D eigenvalue weighted by Gasteiger charge is -2.26. The molecule has 0 unspecified atom stereocenters. The van der Waals surface area contributed by atoms with E-state index in [1.165, 1.54) is 34.6 Å². The normalized spacial score (nSPS) is 16.1. The van der Waals surface area contributed by atoms with Gasteiger partial charge in [-0.3, -0.25) is 4.79 Å². The predicted octanol–water partition coefficient (Wildman–Crippen LogP) is 0.897. The number of rotatable bonds is 7. The summed E-state index contributed by atoms with van der Waals surface area (Å²) in [6.07, 6.45) is 0. The molecule has 12 heteroatoms. The molecule has 0 aliphatic carbocycles. The third-order valence-electron chi connectivity index (χ3n) is 5.06. The molecule has 2 heterocycles. The van der Waals surface area contributed by atoms with Crippen LogP contribution in [0.2, 0.25) is 0 Å². The van der Waals surface area contributed by atoms with Crippen LogP contribution in [0.25, 0.3) is 11.0 Å². The van der Waals surface area contributed by atoms with E-state index < -0.39 is 15.9 Å². The Labute approximate surface area is 183 Å². The second-order valence-corrected chi connectivity index (χ2v) is 9.18. The number of ether oxygens (including phenoxy) is 1. The van der Waals surface area contributed by atoms with E-state index in [2.05, 4.69) is 15.6 Å². The molecule has 1 aliphatic rings. The first-order valence-corrected chi connectivity index (χ1v) is 11.4. The molecule has 32 heavy (non-hydrogen) atoms. The van der Waals surface area contributed by atoms with Crippen LogP contribution in [0.15, 0.2) is 47.4 Å². The van der Waals surface area contributed by atoms with Crippen molar-refractivity contribution >= 4 is 27.0 Å². The molecule has 1 atom stereocenters. The summed E-state index contributed by atoms with van der Waals surface area (Å²) in [6.45, 7) is 2.63. The number of hydrogen-bond acceptors (Lipinski definition) is 7. The molecule has 0 spiro atoms. The van der Waals surface area contributed by atoms with Gasteiger partial charge in [-0.1, -0.05) is 17.0 Å². The van der Waals surface area contributed by atoms with Crippen LogP contribution in [-0.4, -0.2) is 66.7 Å². The van der Waals surface area contributed by atoms with Crippen molar-refractivity contribution < 1.29 is 27.2 Å². The maximum Gasteiger partial charge on any atom is 0.261 e. The Morgan fingerprint density at radius 1 is 1.22 bits per heavy atom. The number of hydrogen-bond donors (Lipinski definition) is 1. The van der Waals surface area contributed by atoms with E-state index in [4.69, 9.17) is 9.57 Å². The van der Waals surface area contributed by atoms with Gasteiger partial charge in [-0.25, -0.2) is 12.8 Å². The summed E-state index contributed by atoms with van der Waals surface area (Å²) in [5.41, 5.74) is 1.48. The van der Waals surface area contributed by atoms with E-state index in [1.807, 2.05) is 0 Å². The van der Waals surface area contributed by atoms with Gasteiger partial charge in [0.1, 0.15) is 16.9 Å². The molecule has 10 nitrogen and oxygen atoms in total. The molecular formula is C20H22FN5O5S. The van der Waals surface area contributed by atoms with E-state index >= 15 is 0 Å². The van der Waals surface area contributed by atoms with Crippen LogP contribution in [0, 0.1) is 5.82 Å². The van der Waals surface area contributed by atoms with E-state index in [1.54, 1.807) is 19.1 Å². The van der Waals surface area contributed by atoms with Gasteiger partial charge in [-0.2, -0.15) is 4.31 Å². The molecule has 2 aromatic carbocycles. The lowest BCUT2D eigenvalue weighted by molar-refractivity contribution is -0.127. The third kappa shape index (κ3) is 4.71. The van der Waals surface area contributed by atoms with Crippen molar-refractivity contribution in [2.24, 2.45) is 0 Å². The lowest BCUT2D eigenvalue weighted by atomic mass is 10.1. The maximum absolute atomic E-state index is 13.1. The monoisotopic (exact) mass is 463 g/mol. The topological polar surface area (TPSA) is 116 Å². The molecular weight excluding hydrogens is 441 g/mol. The van der Waals surface area contributed by atoms with Crippen LogP contribution < -0.4 is 10.2 Å². The van der Waals surface area contributed by atoms with Crippen molar-refractivity contribution in [1.82, 2.24) is 24.8 Å². The zero-order chi connectivity index (χ0) is 22.7. The molecule has 1 aliphatic heterocycles. The number of carbonyl (C=O) groups excluding carboxylic acids is 1. The van der Waals surface area contributed by atoms with Gasteiger partial charge in [0.05, 0.1) is 24.2 Å². The molecule has 0 radical (unpaired) electrons. The first-order chi connectivity index (χ1) is 15.3. The standard InChI is InChI=1S/C20H22FN5O5S/c1-14(15-2-4-16(21)5-3-15)22-20(27)13-31-26-19-12-17(6-7-18(19)23-24-26)32(28,29)25-8-10-30-11-9-25/h2-7,12,14H,8-11,13H2,1H3,(H,22,27)/t14-/m1/s1. The minimum atomic E-state index is -3.71. The summed E-state index contributed by atoms with van der Waals surface area (Å²) in [6, 6.07) is 9.86. The smallest absolute Gasteiger partial charge is 0.261 e. The van der Waals surface area contributed by atoms with Gasteiger partial charge in [0.2, 0.25) is 10.0 Å². The van der Waals surface area contributed by atoms with Gasteiger partial charge in [0, 0.05) is 13.1 Å². The number of fused-ring (bicyclic) bond motifs is 1. The highest BCUT2D eigenvalue weighted by Gasteiger charge is 2.27. The highest BCUT2D eigenvalue weighted by atomic mass is 32.2. The average Bonchev–Trinajstić information content (AvgIpc) is 3.21. The van der Waals surface area contributed by atoms with E-state index in [0.717, 1.165) is 10.4 Å². The van der Waals surface area contributed by atoms with Crippen LogP contribution >= 0.6 is 0 Å². The summed E-state index contributed by atoms with van der Waals surface area (Å²) < 4.78 is 45.4. The molecule has 1 saturated heterocycles. The number of nitrogens with one attached hydrogen (secondary N) is 1. The van der Waals surface area contributed by atoms with Crippen molar-refractivity contribution in [1.29, 1.82) is 0 Å². The largest absolute Gasteiger partial charge is 0.385 e. The number of carbonyl (C=O) groups is 1. The van der Waals surface area contributed by atoms with Gasteiger partial charge in [0.15, 0.2) is 6.61 Å². The molecule has 4 rings (SSSR count). The molecule has 0 saturated carbocycles. The predicted molar refractivity (Wildman–Crippen MR) is 112 cm³/mol. The zero-order valence-corrected chi connectivity index (χ0v) is 18.1. The van der Waals surface area contributed by atoms with E-state index in [9.17, 15) is 17.6 Å². The van der Waals surface area contributed by atoms with Gasteiger partial charge >= 0.3 is 0 Å². The Bertz CT molecular complexity index is 1210. The highest BCUT2D eigenvalue weighted by molar-refractivity contribution is 7.89. The van der Waals surface area contributed by atoms with Gasteiger partial charge in [0.25, 0.3) is 5.91 Å². The minimum absolute atomic E-state index is 0.0773. The number of halogens is 1. The summed E-state index contributed by atoms with van der Waals surface area (Å²) in [4.78, 5) is 18.8. The van der Waals surface area contributed by atoms with Crippen LogP contribution in [0.1, 0.15) is 18.5 Å². The van der Waals surface area contributed by atoms with Crippen LogP contribution in [0.3, 0.4) is 0 Å². The molecule has 1 aromatic heterocycles. The fourth-order valence-electron chi connectivity index (χ4n) is 3.31. The van der Waals surface area contributed by atoms with Gasteiger partial charge in [-0.15, -0.1) is 5.10 Å². The average molecular weight is 463 g/mol. The maximum atomic E-state index is 13.1. The summed E-state index contributed by atoms with van der Waals surface area (Å²) >= 11 is 0. The van der Waals surface area contributed by atoms with Crippen LogP contribution in [0.4, 0.5) is 4.39 Å². The third-order valence-corrected chi connectivity index (χ3v) is 6.95. The first kappa shape index (κ1) is 22.1. The number of amides is 1. The Balaban J connectivity index is 1.44. The van der Waals surface area contributed by atoms with Crippen molar-refractivity contribution in [3.8, 4) is 0 Å². The minimum Gasteiger partial charge on any atom is -0.385 e. The highest BCUT2D eigenvalue weighted by Crippen LogP contribution is 2.21. The molecule has 1 N–H and O–H groups in total. The fourth-order valence-corrected chi connectivity index (χ4v) is 4.74. The van der Waals surface area contributed by atoms with Crippen molar-refractivity contribution in [2.75, 3.05) is 32.9 Å². The zero-order valence-electron chi connectivity index (χ0n) is 17.3. The Morgan fingerprint density at radius 3 is 2.66 bits per heavy atom. The number of morpholine rings is 1. The fraction of sp³-hybridized carbons (Fsp3) is 0.350. The van der Waals surface area contributed by atoms with Crippen molar-refractivity contribution in [3.63, 3.8) is 0 Å².